The lowest BCUT2D eigenvalue weighted by Crippen LogP contribution is -2.24. The minimum atomic E-state index is 0.352. The first-order valence-corrected chi connectivity index (χ1v) is 10.2. The summed E-state index contributed by atoms with van der Waals surface area (Å²) >= 11 is 0. The van der Waals surface area contributed by atoms with Crippen LogP contribution in [-0.4, -0.2) is 35.6 Å². The van der Waals surface area contributed by atoms with Crippen molar-refractivity contribution in [1.29, 1.82) is 0 Å². The molecule has 5 nitrogen and oxygen atoms in total. The predicted molar refractivity (Wildman–Crippen MR) is 116 cm³/mol. The molecule has 4 rings (SSSR count). The zero-order valence-corrected chi connectivity index (χ0v) is 17.1. The van der Waals surface area contributed by atoms with Gasteiger partial charge in [0.15, 0.2) is 0 Å². The van der Waals surface area contributed by atoms with Crippen molar-refractivity contribution in [1.82, 2.24) is 14.9 Å². The fourth-order valence-electron chi connectivity index (χ4n) is 4.13. The number of ether oxygens (including phenoxy) is 1. The van der Waals surface area contributed by atoms with Gasteiger partial charge in [0.05, 0.1) is 18.8 Å². The predicted octanol–water partition coefficient (Wildman–Crippen LogP) is 4.45. The number of hydrogen-bond acceptors (Lipinski definition) is 5. The quantitative estimate of drug-likeness (QED) is 0.648. The average Bonchev–Trinajstić information content (AvgIpc) is 3.22. The van der Waals surface area contributed by atoms with Crippen LogP contribution in [0.3, 0.4) is 0 Å². The molecule has 1 N–H and O–H groups in total. The first-order valence-electron chi connectivity index (χ1n) is 10.2. The Morgan fingerprint density at radius 2 is 2.03 bits per heavy atom. The molecule has 0 unspecified atom stereocenters. The highest BCUT2D eigenvalue weighted by Gasteiger charge is 2.27. The molecule has 0 spiro atoms. The van der Waals surface area contributed by atoms with E-state index in [1.165, 1.54) is 17.5 Å². The second kappa shape index (κ2) is 9.05. The van der Waals surface area contributed by atoms with E-state index >= 15 is 0 Å². The van der Waals surface area contributed by atoms with Crippen molar-refractivity contribution in [2.75, 3.05) is 26.0 Å². The Balaban J connectivity index is 1.52. The normalized spacial score (nSPS) is 16.7. The molecule has 0 aliphatic carbocycles. The molecule has 3 aromatic rings. The number of rotatable bonds is 7. The van der Waals surface area contributed by atoms with Gasteiger partial charge in [-0.1, -0.05) is 24.3 Å². The van der Waals surface area contributed by atoms with Gasteiger partial charge in [-0.25, -0.2) is 4.98 Å². The van der Waals surface area contributed by atoms with E-state index in [4.69, 9.17) is 9.72 Å². The maximum Gasteiger partial charge on any atom is 0.130 e. The van der Waals surface area contributed by atoms with E-state index in [9.17, 15) is 0 Å². The molecule has 0 bridgehead atoms. The van der Waals surface area contributed by atoms with E-state index < -0.39 is 0 Å². The van der Waals surface area contributed by atoms with Crippen molar-refractivity contribution in [3.63, 3.8) is 0 Å². The van der Waals surface area contributed by atoms with Crippen LogP contribution in [-0.2, 0) is 13.0 Å². The molecule has 1 fully saturated rings. The molecule has 1 aromatic carbocycles. The Bertz CT molecular complexity index is 959. The Morgan fingerprint density at radius 3 is 2.90 bits per heavy atom. The topological polar surface area (TPSA) is 50.3 Å². The van der Waals surface area contributed by atoms with Crippen LogP contribution in [0.2, 0.25) is 0 Å². The molecular formula is C24H28N4O. The summed E-state index contributed by atoms with van der Waals surface area (Å²) in [6, 6.07) is 19.1. The highest BCUT2D eigenvalue weighted by atomic mass is 16.5. The molecule has 29 heavy (non-hydrogen) atoms. The molecule has 2 aromatic heterocycles. The smallest absolute Gasteiger partial charge is 0.130 e. The number of methoxy groups -OCH3 is 1. The summed E-state index contributed by atoms with van der Waals surface area (Å²) in [6.45, 7) is 1.97. The fraction of sp³-hybridized carbons (Fsp3) is 0.333. The summed E-state index contributed by atoms with van der Waals surface area (Å²) < 4.78 is 5.35. The van der Waals surface area contributed by atoms with Crippen molar-refractivity contribution >= 4 is 5.82 Å². The van der Waals surface area contributed by atoms with E-state index in [0.717, 1.165) is 48.9 Å². The van der Waals surface area contributed by atoms with Crippen molar-refractivity contribution in [2.45, 2.75) is 31.8 Å². The van der Waals surface area contributed by atoms with E-state index in [2.05, 4.69) is 51.6 Å². The van der Waals surface area contributed by atoms with Gasteiger partial charge in [0.1, 0.15) is 11.6 Å². The average molecular weight is 389 g/mol. The molecule has 1 aliphatic rings. The lowest BCUT2D eigenvalue weighted by molar-refractivity contribution is 0.244. The van der Waals surface area contributed by atoms with Gasteiger partial charge in [-0.2, -0.15) is 0 Å². The first kappa shape index (κ1) is 19.4. The first-order chi connectivity index (χ1) is 14.3. The van der Waals surface area contributed by atoms with Gasteiger partial charge in [-0.05, 0) is 55.3 Å². The molecule has 1 atom stereocenters. The molecule has 3 heterocycles. The van der Waals surface area contributed by atoms with Crippen LogP contribution in [0.5, 0.6) is 5.75 Å². The Labute approximate surface area is 172 Å². The standard InChI is InChI=1S/C24H28N4O/c1-25-24-19(8-5-13-26-24)17-28-14-6-12-23(28)22-11-4-9-20(27-22)15-18-7-3-10-21(16-18)29-2/h3-5,7-11,13,16,23H,6,12,14-15,17H2,1-2H3,(H,25,26)/t23-/m1/s1. The number of hydrogen-bond donors (Lipinski definition) is 1. The number of likely N-dealkylation sites (tertiary alicyclic amines) is 1. The minimum absolute atomic E-state index is 0.352. The van der Waals surface area contributed by atoms with Crippen LogP contribution >= 0.6 is 0 Å². The lowest BCUT2D eigenvalue weighted by Gasteiger charge is -2.25. The van der Waals surface area contributed by atoms with Crippen molar-refractivity contribution in [3.8, 4) is 5.75 Å². The van der Waals surface area contributed by atoms with Gasteiger partial charge in [0.2, 0.25) is 0 Å². The van der Waals surface area contributed by atoms with E-state index in [1.54, 1.807) is 7.11 Å². The van der Waals surface area contributed by atoms with Gasteiger partial charge in [0.25, 0.3) is 0 Å². The summed E-state index contributed by atoms with van der Waals surface area (Å²) in [6.07, 6.45) is 4.98. The molecular weight excluding hydrogens is 360 g/mol. The minimum Gasteiger partial charge on any atom is -0.497 e. The van der Waals surface area contributed by atoms with Crippen LogP contribution in [0.15, 0.2) is 60.8 Å². The summed E-state index contributed by atoms with van der Waals surface area (Å²) in [5, 5.41) is 3.21. The summed E-state index contributed by atoms with van der Waals surface area (Å²) in [5.74, 6) is 1.84. The van der Waals surface area contributed by atoms with Gasteiger partial charge < -0.3 is 10.1 Å². The number of nitrogens with one attached hydrogen (secondary N) is 1. The number of benzene rings is 1. The maximum absolute atomic E-state index is 5.35. The summed E-state index contributed by atoms with van der Waals surface area (Å²) in [7, 11) is 3.63. The fourth-order valence-corrected chi connectivity index (χ4v) is 4.13. The van der Waals surface area contributed by atoms with Crippen molar-refractivity contribution in [3.05, 3.63) is 83.3 Å². The second-order valence-electron chi connectivity index (χ2n) is 7.47. The molecule has 150 valence electrons. The van der Waals surface area contributed by atoms with Crippen molar-refractivity contribution in [2.24, 2.45) is 0 Å². The van der Waals surface area contributed by atoms with E-state index in [0.29, 0.717) is 6.04 Å². The summed E-state index contributed by atoms with van der Waals surface area (Å²) in [5.41, 5.74) is 4.71. The Morgan fingerprint density at radius 1 is 1.14 bits per heavy atom. The largest absolute Gasteiger partial charge is 0.497 e. The SMILES string of the molecule is CNc1ncccc1CN1CCC[C@@H]1c1cccc(Cc2cccc(OC)c2)n1. The zero-order chi connectivity index (χ0) is 20.1. The van der Waals surface area contributed by atoms with Gasteiger partial charge in [-0.3, -0.25) is 9.88 Å². The third kappa shape index (κ3) is 4.57. The Kier molecular flexibility index (Phi) is 6.06. The monoisotopic (exact) mass is 388 g/mol. The summed E-state index contributed by atoms with van der Waals surface area (Å²) in [4.78, 5) is 12.0. The number of anilines is 1. The van der Waals surface area contributed by atoms with Gasteiger partial charge >= 0.3 is 0 Å². The second-order valence-corrected chi connectivity index (χ2v) is 7.47. The third-order valence-corrected chi connectivity index (χ3v) is 5.55. The molecule has 0 radical (unpaired) electrons. The van der Waals surface area contributed by atoms with E-state index in [-0.39, 0.29) is 0 Å². The molecule has 0 amide bonds. The lowest BCUT2D eigenvalue weighted by atomic mass is 10.1. The highest BCUT2D eigenvalue weighted by molar-refractivity contribution is 5.43. The Hall–Kier alpha value is -2.92. The highest BCUT2D eigenvalue weighted by Crippen LogP contribution is 2.33. The van der Waals surface area contributed by atoms with Gasteiger partial charge in [0, 0.05) is 37.5 Å². The number of pyridine rings is 2. The van der Waals surface area contributed by atoms with Crippen LogP contribution < -0.4 is 10.1 Å². The molecule has 1 aliphatic heterocycles. The van der Waals surface area contributed by atoms with Crippen LogP contribution in [0.25, 0.3) is 0 Å². The number of nitrogens with zero attached hydrogens (tertiary/aromatic N) is 3. The maximum atomic E-state index is 5.35. The molecule has 5 heteroatoms. The van der Waals surface area contributed by atoms with Gasteiger partial charge in [-0.15, -0.1) is 0 Å². The van der Waals surface area contributed by atoms with Crippen LogP contribution in [0.4, 0.5) is 5.82 Å². The molecule has 0 saturated carbocycles. The van der Waals surface area contributed by atoms with E-state index in [1.807, 2.05) is 31.4 Å². The molecule has 1 saturated heterocycles. The zero-order valence-electron chi connectivity index (χ0n) is 17.1. The number of aromatic nitrogens is 2. The van der Waals surface area contributed by atoms with Crippen LogP contribution in [0, 0.1) is 0 Å². The van der Waals surface area contributed by atoms with Crippen LogP contribution in [0.1, 0.15) is 41.4 Å². The van der Waals surface area contributed by atoms with Crippen molar-refractivity contribution < 1.29 is 4.74 Å². The third-order valence-electron chi connectivity index (χ3n) is 5.55.